The van der Waals surface area contributed by atoms with E-state index >= 15 is 0 Å². The van der Waals surface area contributed by atoms with Crippen molar-refractivity contribution in [3.8, 4) is 11.8 Å². The minimum atomic E-state index is -0.368. The molecule has 8 rings (SSSR count). The first kappa shape index (κ1) is 40.0. The van der Waals surface area contributed by atoms with Gasteiger partial charge in [0.2, 0.25) is 0 Å². The zero-order valence-electron chi connectivity index (χ0n) is 28.5. The van der Waals surface area contributed by atoms with Crippen molar-refractivity contribution in [2.75, 3.05) is 19.2 Å². The molecule has 0 nitrogen and oxygen atoms in total. The molecule has 0 spiro atoms. The predicted molar refractivity (Wildman–Crippen MR) is 221 cm³/mol. The van der Waals surface area contributed by atoms with Crippen LogP contribution in [0, 0.1) is 24.7 Å². The Kier molecular flexibility index (Phi) is 15.5. The molecule has 0 aromatic heterocycles. The largest absolute Gasteiger partial charge is 1.00 e. The molecule has 0 heterocycles. The van der Waals surface area contributed by atoms with Gasteiger partial charge in [0.25, 0.3) is 0 Å². The summed E-state index contributed by atoms with van der Waals surface area (Å²) >= 11 is 0. The monoisotopic (exact) mass is 1060 g/mol. The van der Waals surface area contributed by atoms with Crippen LogP contribution in [0.3, 0.4) is 0 Å². The Morgan fingerprint density at radius 2 is 0.686 bits per heavy atom. The molecule has 256 valence electrons. The molecule has 0 aliphatic heterocycles. The molecule has 8 aromatic rings. The number of rotatable bonds is 4. The Hall–Kier alpha value is -3.74. The fourth-order valence-electron chi connectivity index (χ4n) is 6.36. The van der Waals surface area contributed by atoms with Crippen LogP contribution in [0.2, 0.25) is 0 Å². The molecule has 2 unspecified atom stereocenters. The number of hydrogen-bond acceptors (Lipinski definition) is 0. The summed E-state index contributed by atoms with van der Waals surface area (Å²) in [6, 6.07) is 58.9. The van der Waals surface area contributed by atoms with Crippen LogP contribution in [0.15, 0.2) is 170 Å². The second kappa shape index (κ2) is 19.8. The van der Waals surface area contributed by atoms with Crippen LogP contribution >= 0.6 is 15.8 Å². The van der Waals surface area contributed by atoms with E-state index < -0.39 is 0 Å². The molecule has 0 radical (unpaired) electrons. The van der Waals surface area contributed by atoms with Crippen LogP contribution in [-0.2, 0) is 44.8 Å². The van der Waals surface area contributed by atoms with Crippen molar-refractivity contribution in [3.63, 3.8) is 0 Å². The van der Waals surface area contributed by atoms with E-state index in [0.717, 1.165) is 32.7 Å². The average Bonchev–Trinajstić information content (AvgIpc) is 3.18. The third kappa shape index (κ3) is 9.78. The molecule has 0 aliphatic carbocycles. The maximum Gasteiger partial charge on any atom is 1.00 e. The van der Waals surface area contributed by atoms with E-state index in [2.05, 4.69) is 122 Å². The van der Waals surface area contributed by atoms with Gasteiger partial charge in [-0.3, -0.25) is 11.8 Å². The number of fused-ring (bicyclic) bond motifs is 6. The molecule has 0 saturated carbocycles. The smallest absolute Gasteiger partial charge is 0.366 e. The minimum absolute atomic E-state index is 0. The van der Waals surface area contributed by atoms with Crippen LogP contribution in [-0.4, -0.2) is 19.2 Å². The first-order chi connectivity index (χ1) is 24.1. The van der Waals surface area contributed by atoms with Gasteiger partial charge in [-0.2, -0.15) is 0 Å². The van der Waals surface area contributed by atoms with Crippen LogP contribution in [0.1, 0.15) is 11.1 Å². The van der Waals surface area contributed by atoms with Gasteiger partial charge in [-0.15, -0.1) is 23.3 Å². The van der Waals surface area contributed by atoms with E-state index in [-0.39, 0.29) is 60.6 Å². The Bertz CT molecular complexity index is 2250. The number of hydrogen-bond donors (Lipinski definition) is 0. The van der Waals surface area contributed by atoms with Crippen molar-refractivity contribution in [1.29, 1.82) is 0 Å². The van der Waals surface area contributed by atoms with E-state index in [1.807, 2.05) is 72.8 Å². The zero-order chi connectivity index (χ0) is 34.0. The molecular formula is C47H38Au2P2+2. The van der Waals surface area contributed by atoms with E-state index in [0.29, 0.717) is 0 Å². The average molecular weight is 1060 g/mol. The number of benzene rings is 8. The second-order valence-corrected chi connectivity index (χ2v) is 17.8. The van der Waals surface area contributed by atoms with Gasteiger partial charge < -0.3 is 12.8 Å². The first-order valence-electron chi connectivity index (χ1n) is 16.5. The van der Waals surface area contributed by atoms with Gasteiger partial charge in [-0.05, 0) is 56.6 Å². The van der Waals surface area contributed by atoms with Gasteiger partial charge in [0.1, 0.15) is 0 Å². The molecule has 8 aromatic carbocycles. The Morgan fingerprint density at radius 3 is 1.04 bits per heavy atom. The van der Waals surface area contributed by atoms with Gasteiger partial charge in [0.15, 0.2) is 5.90 Å². The molecule has 4 heteroatoms. The Balaban J connectivity index is 0.000000168. The van der Waals surface area contributed by atoms with Gasteiger partial charge in [0, 0.05) is 0 Å². The Labute approximate surface area is 336 Å². The zero-order valence-corrected chi connectivity index (χ0v) is 34.8. The first-order valence-corrected chi connectivity index (χ1v) is 20.9. The van der Waals surface area contributed by atoms with Gasteiger partial charge in [0.05, 0.1) is 39.8 Å². The summed E-state index contributed by atoms with van der Waals surface area (Å²) in [7, 11) is -0.736. The van der Waals surface area contributed by atoms with Crippen LogP contribution in [0.4, 0.5) is 0 Å². The van der Waals surface area contributed by atoms with Crippen LogP contribution < -0.4 is 10.6 Å². The SMILES string of the molecule is C[PH+](C[PH+](C)c1ccccc1)c1ccccc1.[Au+].[Au+].[C-]#Cc1cc2ccccc2c2ccccc12.[C-]#Cc1cc2ccccc2c2ccccc12. The van der Waals surface area contributed by atoms with Crippen molar-refractivity contribution in [2.45, 2.75) is 0 Å². The molecule has 0 aliphatic rings. The predicted octanol–water partition coefficient (Wildman–Crippen LogP) is 11.1. The normalized spacial score (nSPS) is 11.3. The molecule has 0 saturated heterocycles. The maximum absolute atomic E-state index is 7.35. The summed E-state index contributed by atoms with van der Waals surface area (Å²) in [5, 5.41) is 12.5. The summed E-state index contributed by atoms with van der Waals surface area (Å²) in [6.07, 6.45) is 14.7. The van der Waals surface area contributed by atoms with Crippen LogP contribution in [0.25, 0.3) is 43.1 Å². The van der Waals surface area contributed by atoms with Crippen molar-refractivity contribution in [3.05, 3.63) is 194 Å². The second-order valence-electron chi connectivity index (χ2n) is 12.1. The molecule has 0 fully saturated rings. The molecule has 0 bridgehead atoms. The Morgan fingerprint density at radius 1 is 0.392 bits per heavy atom. The van der Waals surface area contributed by atoms with E-state index in [1.54, 1.807) is 10.6 Å². The van der Waals surface area contributed by atoms with Crippen molar-refractivity contribution >= 4 is 69.5 Å². The fourth-order valence-corrected chi connectivity index (χ4v) is 12.7. The summed E-state index contributed by atoms with van der Waals surface area (Å²) in [5.74, 6) is 6.43. The van der Waals surface area contributed by atoms with Gasteiger partial charge in [-0.25, -0.2) is 0 Å². The molecule has 2 atom stereocenters. The fraction of sp³-hybridized carbons (Fsp3) is 0.0638. The molecule has 0 N–H and O–H groups in total. The third-order valence-electron chi connectivity index (χ3n) is 8.87. The topological polar surface area (TPSA) is 0 Å². The standard InChI is InChI=1S/2C16H9.C15H18P2.2Au/c2*1-2-12-11-13-7-3-4-9-15(13)16-10-6-5-8-14(12)16;1-16(14-9-5-3-6-10-14)13-17(2)15-11-7-4-8-12-15;;/h2*3-11H;3-12H,13H2,1-2H3;;/q2*-1;;2*+1/p+2. The maximum atomic E-state index is 7.35. The van der Waals surface area contributed by atoms with Crippen molar-refractivity contribution in [2.24, 2.45) is 0 Å². The third-order valence-corrected chi connectivity index (χ3v) is 15.7. The van der Waals surface area contributed by atoms with Crippen molar-refractivity contribution in [1.82, 2.24) is 0 Å². The molecular weight excluding hydrogens is 1020 g/mol. The van der Waals surface area contributed by atoms with E-state index in [9.17, 15) is 0 Å². The molecule has 51 heavy (non-hydrogen) atoms. The quantitative estimate of drug-likeness (QED) is 0.0542. The van der Waals surface area contributed by atoms with E-state index in [4.69, 9.17) is 12.8 Å². The van der Waals surface area contributed by atoms with Crippen LogP contribution in [0.5, 0.6) is 0 Å². The summed E-state index contributed by atoms with van der Waals surface area (Å²) in [5.41, 5.74) is 1.71. The summed E-state index contributed by atoms with van der Waals surface area (Å²) in [6.45, 7) is 4.88. The summed E-state index contributed by atoms with van der Waals surface area (Å²) in [4.78, 5) is 0. The van der Waals surface area contributed by atoms with Crippen molar-refractivity contribution < 1.29 is 44.8 Å². The minimum Gasteiger partial charge on any atom is -0.366 e. The molecule has 0 amide bonds. The summed E-state index contributed by atoms with van der Waals surface area (Å²) < 4.78 is 0. The van der Waals surface area contributed by atoms with E-state index in [1.165, 1.54) is 27.4 Å². The van der Waals surface area contributed by atoms with Gasteiger partial charge >= 0.3 is 44.8 Å². The van der Waals surface area contributed by atoms with Gasteiger partial charge in [-0.1, -0.05) is 144 Å².